The second-order valence-electron chi connectivity index (χ2n) is 9.38. The van der Waals surface area contributed by atoms with Crippen LogP contribution >= 0.6 is 0 Å². The largest absolute Gasteiger partial charge is 0.456 e. The third-order valence-electron chi connectivity index (χ3n) is 6.59. The molecule has 7 nitrogen and oxygen atoms in total. The van der Waals surface area contributed by atoms with Crippen LogP contribution in [0.15, 0.2) is 12.2 Å². The fourth-order valence-electron chi connectivity index (χ4n) is 5.65. The Morgan fingerprint density at radius 2 is 1.65 bits per heavy atom. The van der Waals surface area contributed by atoms with Gasteiger partial charge in [0.15, 0.2) is 0 Å². The van der Waals surface area contributed by atoms with Gasteiger partial charge in [0, 0.05) is 12.0 Å². The second kappa shape index (κ2) is 7.16. The van der Waals surface area contributed by atoms with Crippen LogP contribution in [0.1, 0.15) is 52.4 Å². The molecule has 0 aromatic carbocycles. The lowest BCUT2D eigenvalue weighted by atomic mass is 9.48. The Morgan fingerprint density at radius 1 is 1.13 bits per heavy atom. The van der Waals surface area contributed by atoms with Crippen LogP contribution in [0.5, 0.6) is 0 Å². The quantitative estimate of drug-likeness (QED) is 0.273. The molecule has 176 valence electrons. The monoisotopic (exact) mass is 472 g/mol. The second-order valence-corrected chi connectivity index (χ2v) is 11.1. The van der Waals surface area contributed by atoms with Crippen molar-refractivity contribution in [2.45, 2.75) is 75.3 Å². The van der Waals surface area contributed by atoms with Crippen molar-refractivity contribution in [1.29, 1.82) is 0 Å². The van der Waals surface area contributed by atoms with E-state index in [1.54, 1.807) is 0 Å². The third-order valence-corrected chi connectivity index (χ3v) is 7.82. The molecule has 31 heavy (non-hydrogen) atoms. The van der Waals surface area contributed by atoms with Crippen molar-refractivity contribution in [3.05, 3.63) is 12.2 Å². The van der Waals surface area contributed by atoms with Crippen LogP contribution in [-0.2, 0) is 29.2 Å². The van der Waals surface area contributed by atoms with Gasteiger partial charge in [0.25, 0.3) is 5.00 Å². The van der Waals surface area contributed by atoms with Gasteiger partial charge in [-0.25, -0.2) is 9.18 Å². The Kier molecular flexibility index (Phi) is 5.53. The zero-order valence-corrected chi connectivity index (χ0v) is 17.8. The molecule has 0 aromatic heterocycles. The summed E-state index contributed by atoms with van der Waals surface area (Å²) in [4.78, 5) is 25.1. The van der Waals surface area contributed by atoms with E-state index in [-0.39, 0.29) is 43.6 Å². The van der Waals surface area contributed by atoms with Crippen LogP contribution in [-0.4, -0.2) is 47.8 Å². The zero-order valence-electron chi connectivity index (χ0n) is 17.0. The highest BCUT2D eigenvalue weighted by Gasteiger charge is 2.66. The van der Waals surface area contributed by atoms with E-state index >= 15 is 0 Å². The normalized spacial score (nSPS) is 35.2. The maximum Gasteiger partial charge on any atom is 0.429 e. The molecule has 12 heteroatoms. The number of carbonyl (C=O) groups is 2. The highest BCUT2D eigenvalue weighted by atomic mass is 32.2. The van der Waals surface area contributed by atoms with E-state index in [2.05, 4.69) is 11.3 Å². The fourth-order valence-corrected chi connectivity index (χ4v) is 6.10. The minimum Gasteiger partial charge on any atom is -0.456 e. The Morgan fingerprint density at radius 3 is 2.06 bits per heavy atom. The smallest absolute Gasteiger partial charge is 0.429 e. The summed E-state index contributed by atoms with van der Waals surface area (Å²) in [5.41, 5.74) is -2.42. The molecular formula is C19H24F4O7S. The Labute approximate surface area is 176 Å². The molecule has 4 aliphatic carbocycles. The molecule has 1 N–H and O–H groups in total. The molecular weight excluding hydrogens is 448 g/mol. The number of hydrogen-bond acceptors (Lipinski definition) is 6. The van der Waals surface area contributed by atoms with Gasteiger partial charge in [0.05, 0.1) is 5.41 Å². The van der Waals surface area contributed by atoms with E-state index in [1.165, 1.54) is 6.92 Å². The van der Waals surface area contributed by atoms with Crippen molar-refractivity contribution in [2.24, 2.45) is 17.3 Å². The van der Waals surface area contributed by atoms with E-state index < -0.39 is 50.4 Å². The molecule has 0 aliphatic heterocycles. The van der Waals surface area contributed by atoms with E-state index in [0.29, 0.717) is 19.3 Å². The van der Waals surface area contributed by atoms with Crippen molar-refractivity contribution in [3.8, 4) is 0 Å². The Bertz CT molecular complexity index is 895. The number of alkyl halides is 4. The highest BCUT2D eigenvalue weighted by molar-refractivity contribution is 7.87. The van der Waals surface area contributed by atoms with Gasteiger partial charge in [-0.05, 0) is 57.8 Å². The van der Waals surface area contributed by atoms with Crippen molar-refractivity contribution in [2.75, 3.05) is 0 Å². The number of ether oxygens (including phenoxy) is 2. The van der Waals surface area contributed by atoms with Gasteiger partial charge in [-0.3, -0.25) is 9.35 Å². The van der Waals surface area contributed by atoms with Crippen molar-refractivity contribution < 1.29 is 49.6 Å². The molecule has 4 unspecified atom stereocenters. The van der Waals surface area contributed by atoms with E-state index in [9.17, 15) is 35.6 Å². The first kappa shape index (κ1) is 24.0. The van der Waals surface area contributed by atoms with E-state index in [1.807, 2.05) is 0 Å². The third kappa shape index (κ3) is 4.20. The van der Waals surface area contributed by atoms with Crippen LogP contribution in [0.2, 0.25) is 0 Å². The van der Waals surface area contributed by atoms with Crippen LogP contribution in [0.4, 0.5) is 17.6 Å². The van der Waals surface area contributed by atoms with Gasteiger partial charge >= 0.3 is 28.2 Å². The molecule has 0 aromatic rings. The predicted octanol–water partition coefficient (Wildman–Crippen LogP) is 3.49. The maximum absolute atomic E-state index is 14.5. The molecule has 0 radical (unpaired) electrons. The number of esters is 2. The molecule has 4 saturated carbocycles. The summed E-state index contributed by atoms with van der Waals surface area (Å²) < 4.78 is 96.3. The van der Waals surface area contributed by atoms with Gasteiger partial charge in [-0.1, -0.05) is 6.58 Å². The summed E-state index contributed by atoms with van der Waals surface area (Å²) in [6.45, 7) is 4.94. The average Bonchev–Trinajstić information content (AvgIpc) is 2.55. The summed E-state index contributed by atoms with van der Waals surface area (Å²) >= 11 is 0. The molecule has 0 saturated heterocycles. The first-order valence-electron chi connectivity index (χ1n) is 9.73. The number of rotatable bonds is 6. The summed E-state index contributed by atoms with van der Waals surface area (Å²) in [5, 5.41) is -4.30. The molecule has 4 rings (SSSR count). The van der Waals surface area contributed by atoms with Crippen molar-refractivity contribution in [1.82, 2.24) is 0 Å². The van der Waals surface area contributed by atoms with Gasteiger partial charge in [-0.2, -0.15) is 21.6 Å². The van der Waals surface area contributed by atoms with Gasteiger partial charge in [0.2, 0.25) is 6.10 Å². The van der Waals surface area contributed by atoms with Crippen LogP contribution < -0.4 is 0 Å². The molecule has 4 aliphatic rings. The SMILES string of the molecule is C=C(C)C(=O)OC12CC3CC(C1)CC(C(=O)OC(C(F)(F)F)C(C)(F)S(=O)(=O)O)(C3)C2. The molecule has 0 heterocycles. The Balaban J connectivity index is 1.91. The summed E-state index contributed by atoms with van der Waals surface area (Å²) in [6.07, 6.45) is -7.52. The van der Waals surface area contributed by atoms with Crippen molar-refractivity contribution in [3.63, 3.8) is 0 Å². The van der Waals surface area contributed by atoms with E-state index in [4.69, 9.17) is 9.29 Å². The summed E-state index contributed by atoms with van der Waals surface area (Å²) in [7, 11) is -5.87. The molecule has 0 spiro atoms. The number of hydrogen-bond donors (Lipinski definition) is 1. The van der Waals surface area contributed by atoms with Crippen LogP contribution in [0, 0.1) is 17.3 Å². The minimum atomic E-state index is -5.87. The summed E-state index contributed by atoms with van der Waals surface area (Å²) in [5.74, 6) is -2.32. The minimum absolute atomic E-state index is 0.0103. The maximum atomic E-state index is 14.5. The first-order chi connectivity index (χ1) is 13.9. The average molecular weight is 472 g/mol. The van der Waals surface area contributed by atoms with Gasteiger partial charge in [0.1, 0.15) is 5.60 Å². The van der Waals surface area contributed by atoms with Crippen LogP contribution in [0.3, 0.4) is 0 Å². The van der Waals surface area contributed by atoms with E-state index in [0.717, 1.165) is 0 Å². The molecule has 4 fully saturated rings. The number of halogens is 4. The lowest BCUT2D eigenvalue weighted by Crippen LogP contribution is -2.61. The molecule has 0 amide bonds. The Hall–Kier alpha value is -1.69. The lowest BCUT2D eigenvalue weighted by molar-refractivity contribution is -0.254. The topological polar surface area (TPSA) is 107 Å². The zero-order chi connectivity index (χ0) is 23.6. The van der Waals surface area contributed by atoms with Gasteiger partial charge < -0.3 is 9.47 Å². The van der Waals surface area contributed by atoms with Gasteiger partial charge in [-0.15, -0.1) is 0 Å². The number of carbonyl (C=O) groups excluding carboxylic acids is 2. The summed E-state index contributed by atoms with van der Waals surface area (Å²) in [6, 6.07) is 0. The lowest BCUT2D eigenvalue weighted by Gasteiger charge is -2.59. The van der Waals surface area contributed by atoms with Crippen LogP contribution in [0.25, 0.3) is 0 Å². The highest BCUT2D eigenvalue weighted by Crippen LogP contribution is 2.63. The first-order valence-corrected chi connectivity index (χ1v) is 11.2. The standard InChI is InChI=1S/C19H24F4O7S/c1-10(2)13(24)30-18-7-11-4-12(8-18)6-17(5-11,9-18)15(25)29-14(19(21,22)23)16(3,20)31(26,27)28/h11-12,14H,1,4-9H2,2-3H3,(H,26,27,28). The molecule has 4 atom stereocenters. The van der Waals surface area contributed by atoms with Crippen molar-refractivity contribution >= 4 is 22.1 Å². The fraction of sp³-hybridized carbons (Fsp3) is 0.789. The predicted molar refractivity (Wildman–Crippen MR) is 97.7 cm³/mol. The molecule has 4 bridgehead atoms.